The van der Waals surface area contributed by atoms with Gasteiger partial charge in [-0.15, -0.1) is 0 Å². The van der Waals surface area contributed by atoms with Crippen LogP contribution in [0, 0.1) is 0 Å². The predicted octanol–water partition coefficient (Wildman–Crippen LogP) is 4.88. The fraction of sp³-hybridized carbons (Fsp3) is 0.263. The number of amides is 1. The summed E-state index contributed by atoms with van der Waals surface area (Å²) in [4.78, 5) is 17.7. The van der Waals surface area contributed by atoms with E-state index < -0.39 is 5.91 Å². The molecular formula is C19H16Cl2N2O3S2. The Morgan fingerprint density at radius 2 is 1.96 bits per heavy atom. The molecule has 0 fully saturated rings. The number of hydrogen-bond donors (Lipinski definition) is 0. The molecule has 2 heterocycles. The number of aromatic nitrogens is 1. The lowest BCUT2D eigenvalue weighted by atomic mass is 10.2. The Kier molecular flexibility index (Phi) is 5.87. The highest BCUT2D eigenvalue weighted by molar-refractivity contribution is 7.98. The van der Waals surface area contributed by atoms with Gasteiger partial charge < -0.3 is 14.0 Å². The molecule has 28 heavy (non-hydrogen) atoms. The Hall–Kier alpha value is -1.67. The number of fused-ring (bicyclic) bond motifs is 2. The van der Waals surface area contributed by atoms with Gasteiger partial charge in [0, 0.05) is 29.5 Å². The van der Waals surface area contributed by atoms with E-state index in [9.17, 15) is 4.79 Å². The van der Waals surface area contributed by atoms with Crippen LogP contribution in [0.4, 0.5) is 0 Å². The number of rotatable bonds is 4. The third-order valence-corrected chi connectivity index (χ3v) is 6.42. The molecule has 1 aliphatic rings. The Labute approximate surface area is 179 Å². The van der Waals surface area contributed by atoms with Crippen LogP contribution in [0.1, 0.15) is 10.4 Å². The summed E-state index contributed by atoms with van der Waals surface area (Å²) in [5.74, 6) is 1.90. The maximum Gasteiger partial charge on any atom is 0.281 e. The molecule has 0 saturated carbocycles. The lowest BCUT2D eigenvalue weighted by Gasteiger charge is -2.18. The summed E-state index contributed by atoms with van der Waals surface area (Å²) in [7, 11) is 0. The van der Waals surface area contributed by atoms with E-state index in [0.717, 1.165) is 22.5 Å². The fourth-order valence-electron chi connectivity index (χ4n) is 2.90. The van der Waals surface area contributed by atoms with Gasteiger partial charge in [0.05, 0.1) is 20.8 Å². The summed E-state index contributed by atoms with van der Waals surface area (Å²) in [6.45, 7) is 1.77. The molecular weight excluding hydrogens is 439 g/mol. The molecule has 9 heteroatoms. The number of carbonyl (C=O) groups excluding carboxylic acids is 1. The van der Waals surface area contributed by atoms with Gasteiger partial charge in [0.15, 0.2) is 16.3 Å². The Balaban J connectivity index is 1.85. The first kappa shape index (κ1) is 19.6. The fourth-order valence-corrected chi connectivity index (χ4v) is 4.70. The molecule has 0 N–H and O–H groups in total. The summed E-state index contributed by atoms with van der Waals surface area (Å²) in [6.07, 6.45) is 2.04. The topological polar surface area (TPSA) is 52.8 Å². The van der Waals surface area contributed by atoms with Crippen molar-refractivity contribution in [2.45, 2.75) is 6.54 Å². The molecule has 0 radical (unpaired) electrons. The minimum Gasteiger partial charge on any atom is -0.486 e. The van der Waals surface area contributed by atoms with Crippen LogP contribution in [0.2, 0.25) is 10.0 Å². The zero-order chi connectivity index (χ0) is 19.7. The molecule has 0 spiro atoms. The van der Waals surface area contributed by atoms with Crippen molar-refractivity contribution in [3.05, 3.63) is 50.7 Å². The number of thiazole rings is 1. The van der Waals surface area contributed by atoms with Crippen molar-refractivity contribution in [3.8, 4) is 11.5 Å². The Morgan fingerprint density at radius 3 is 2.71 bits per heavy atom. The van der Waals surface area contributed by atoms with Crippen molar-refractivity contribution in [3.63, 3.8) is 0 Å². The normalized spacial score (nSPS) is 13.9. The lowest BCUT2D eigenvalue weighted by molar-refractivity contribution is 0.0998. The van der Waals surface area contributed by atoms with Gasteiger partial charge >= 0.3 is 0 Å². The molecule has 1 amide bonds. The highest BCUT2D eigenvalue weighted by atomic mass is 35.5. The zero-order valence-corrected chi connectivity index (χ0v) is 18.1. The third kappa shape index (κ3) is 3.89. The van der Waals surface area contributed by atoms with E-state index in [1.807, 2.05) is 23.0 Å². The van der Waals surface area contributed by atoms with E-state index in [1.165, 1.54) is 17.4 Å². The second-order valence-electron chi connectivity index (χ2n) is 6.03. The van der Waals surface area contributed by atoms with E-state index in [-0.39, 0.29) is 5.56 Å². The highest BCUT2D eigenvalue weighted by Crippen LogP contribution is 2.35. The molecule has 1 aromatic heterocycles. The van der Waals surface area contributed by atoms with Gasteiger partial charge in [0.2, 0.25) is 0 Å². The number of ether oxygens (including phenoxy) is 2. The number of hydrogen-bond acceptors (Lipinski definition) is 5. The van der Waals surface area contributed by atoms with Gasteiger partial charge in [-0.1, -0.05) is 34.5 Å². The molecule has 4 rings (SSSR count). The number of aryl methyl sites for hydroxylation is 1. The largest absolute Gasteiger partial charge is 0.486 e. The van der Waals surface area contributed by atoms with E-state index in [2.05, 4.69) is 4.99 Å². The van der Waals surface area contributed by atoms with Gasteiger partial charge in [-0.05, 0) is 24.5 Å². The van der Waals surface area contributed by atoms with Crippen LogP contribution in [0.25, 0.3) is 10.2 Å². The van der Waals surface area contributed by atoms with Gasteiger partial charge in [-0.2, -0.15) is 16.8 Å². The lowest BCUT2D eigenvalue weighted by Crippen LogP contribution is -2.19. The Morgan fingerprint density at radius 1 is 1.21 bits per heavy atom. The average molecular weight is 455 g/mol. The summed E-state index contributed by atoms with van der Waals surface area (Å²) in [5.41, 5.74) is 1.25. The van der Waals surface area contributed by atoms with Crippen molar-refractivity contribution in [1.29, 1.82) is 0 Å². The van der Waals surface area contributed by atoms with Gasteiger partial charge in [0.25, 0.3) is 5.91 Å². The molecule has 0 atom stereocenters. The van der Waals surface area contributed by atoms with Crippen molar-refractivity contribution in [1.82, 2.24) is 4.57 Å². The number of thioether (sulfide) groups is 1. The molecule has 5 nitrogen and oxygen atoms in total. The third-order valence-electron chi connectivity index (χ3n) is 4.22. The molecule has 0 saturated heterocycles. The summed E-state index contributed by atoms with van der Waals surface area (Å²) >= 11 is 15.3. The number of halogens is 2. The smallest absolute Gasteiger partial charge is 0.281 e. The second-order valence-corrected chi connectivity index (χ2v) is 8.87. The van der Waals surface area contributed by atoms with Crippen LogP contribution in [0.5, 0.6) is 11.5 Å². The number of benzene rings is 2. The minimum atomic E-state index is -0.422. The van der Waals surface area contributed by atoms with E-state index in [4.69, 9.17) is 32.7 Å². The van der Waals surface area contributed by atoms with E-state index in [1.54, 1.807) is 23.9 Å². The van der Waals surface area contributed by atoms with Crippen LogP contribution in [-0.4, -0.2) is 35.7 Å². The standard InChI is InChI=1S/C19H16Cl2N2O3S2/c1-27-7-4-23-14-9-15-16(26-6-5-25-15)10-17(14)28-19(23)22-18(24)12-8-11(20)2-3-13(12)21/h2-3,8-10H,4-7H2,1H3. The molecule has 0 aliphatic carbocycles. The molecule has 0 bridgehead atoms. The maximum atomic E-state index is 12.8. The highest BCUT2D eigenvalue weighted by Gasteiger charge is 2.17. The van der Waals surface area contributed by atoms with Crippen molar-refractivity contribution >= 4 is 62.4 Å². The summed E-state index contributed by atoms with van der Waals surface area (Å²) < 4.78 is 14.4. The van der Waals surface area contributed by atoms with Crippen LogP contribution in [-0.2, 0) is 6.54 Å². The monoisotopic (exact) mass is 454 g/mol. The first-order valence-corrected chi connectivity index (χ1v) is 11.5. The average Bonchev–Trinajstić information content (AvgIpc) is 3.02. The van der Waals surface area contributed by atoms with Gasteiger partial charge in [0.1, 0.15) is 13.2 Å². The van der Waals surface area contributed by atoms with E-state index in [0.29, 0.717) is 39.6 Å². The first-order chi connectivity index (χ1) is 13.6. The Bertz CT molecular complexity index is 1120. The zero-order valence-electron chi connectivity index (χ0n) is 14.9. The summed E-state index contributed by atoms with van der Waals surface area (Å²) in [6, 6.07) is 8.68. The van der Waals surface area contributed by atoms with Gasteiger partial charge in [-0.25, -0.2) is 0 Å². The van der Waals surface area contributed by atoms with Crippen LogP contribution in [0.15, 0.2) is 35.3 Å². The van der Waals surface area contributed by atoms with Crippen LogP contribution in [0.3, 0.4) is 0 Å². The van der Waals surface area contributed by atoms with E-state index >= 15 is 0 Å². The molecule has 146 valence electrons. The van der Waals surface area contributed by atoms with Crippen molar-refractivity contribution in [2.24, 2.45) is 4.99 Å². The van der Waals surface area contributed by atoms with Crippen molar-refractivity contribution in [2.75, 3.05) is 25.2 Å². The molecule has 3 aromatic rings. The quantitative estimate of drug-likeness (QED) is 0.563. The summed E-state index contributed by atoms with van der Waals surface area (Å²) in [5, 5.41) is 0.767. The number of nitrogens with zero attached hydrogens (tertiary/aromatic N) is 2. The molecule has 0 unspecified atom stereocenters. The molecule has 1 aliphatic heterocycles. The van der Waals surface area contributed by atoms with Gasteiger partial charge in [-0.3, -0.25) is 4.79 Å². The van der Waals surface area contributed by atoms with Crippen molar-refractivity contribution < 1.29 is 14.3 Å². The number of carbonyl (C=O) groups is 1. The minimum absolute atomic E-state index is 0.286. The maximum absolute atomic E-state index is 12.8. The SMILES string of the molecule is CSCCn1c(=NC(=O)c2cc(Cl)ccc2Cl)sc2cc3c(cc21)OCCO3. The first-order valence-electron chi connectivity index (χ1n) is 8.53. The van der Waals surface area contributed by atoms with Crippen LogP contribution < -0.4 is 14.3 Å². The van der Waals surface area contributed by atoms with Crippen LogP contribution >= 0.6 is 46.3 Å². The molecule has 2 aromatic carbocycles. The predicted molar refractivity (Wildman–Crippen MR) is 116 cm³/mol. The second kappa shape index (κ2) is 8.37.